The van der Waals surface area contributed by atoms with Crippen LogP contribution in [0.15, 0.2) is 24.3 Å². The Labute approximate surface area is 143 Å². The number of carboxylic acid groups (broad SMARTS) is 1. The molecule has 0 aliphatic carbocycles. The number of carbonyl (C=O) groups is 2. The van der Waals surface area contributed by atoms with Crippen molar-refractivity contribution in [1.29, 1.82) is 0 Å². The Bertz CT molecular complexity index is 661. The second-order valence-electron chi connectivity index (χ2n) is 6.22. The van der Waals surface area contributed by atoms with Gasteiger partial charge in [0.25, 0.3) is 0 Å². The molecule has 0 aliphatic heterocycles. The van der Waals surface area contributed by atoms with E-state index in [1.807, 2.05) is 0 Å². The summed E-state index contributed by atoms with van der Waals surface area (Å²) in [6, 6.07) is 2.52. The van der Waals surface area contributed by atoms with Gasteiger partial charge in [0, 0.05) is 6.54 Å². The van der Waals surface area contributed by atoms with Gasteiger partial charge in [-0.05, 0) is 44.9 Å². The van der Waals surface area contributed by atoms with E-state index in [0.717, 1.165) is 12.1 Å². The van der Waals surface area contributed by atoms with Crippen LogP contribution in [0, 0.1) is 0 Å². The lowest BCUT2D eigenvalue weighted by molar-refractivity contribution is -0.137. The number of alkyl carbamates (subject to hydrolysis) is 1. The third-order valence-electron chi connectivity index (χ3n) is 2.89. The molecule has 0 spiro atoms. The molecule has 0 radical (unpaired) electrons. The maximum Gasteiger partial charge on any atom is 0.416 e. The third kappa shape index (κ3) is 7.28. The number of carbonyl (C=O) groups excluding carboxylic acids is 1. The van der Waals surface area contributed by atoms with Gasteiger partial charge in [-0.2, -0.15) is 13.2 Å². The molecule has 2 N–H and O–H groups in total. The zero-order valence-corrected chi connectivity index (χ0v) is 14.1. The summed E-state index contributed by atoms with van der Waals surface area (Å²) < 4.78 is 43.0. The van der Waals surface area contributed by atoms with Crippen LogP contribution in [-0.4, -0.2) is 29.3 Å². The van der Waals surface area contributed by atoms with Crippen molar-refractivity contribution in [3.8, 4) is 0 Å². The molecule has 1 aromatic carbocycles. The smallest absolute Gasteiger partial charge is 0.416 e. The van der Waals surface area contributed by atoms with E-state index in [2.05, 4.69) is 5.32 Å². The molecule has 0 saturated heterocycles. The van der Waals surface area contributed by atoms with Gasteiger partial charge in [0.1, 0.15) is 5.60 Å². The normalized spacial score (nSPS) is 12.2. The molecule has 0 aromatic heterocycles. The van der Waals surface area contributed by atoms with Gasteiger partial charge in [-0.1, -0.05) is 18.2 Å². The molecular formula is C17H20F3NO4. The topological polar surface area (TPSA) is 75.6 Å². The molecule has 1 rings (SSSR count). The maximum absolute atomic E-state index is 12.6. The highest BCUT2D eigenvalue weighted by Gasteiger charge is 2.31. The molecular weight excluding hydrogens is 339 g/mol. The lowest BCUT2D eigenvalue weighted by Gasteiger charge is -2.19. The highest BCUT2D eigenvalue weighted by atomic mass is 19.4. The molecule has 0 bridgehead atoms. The van der Waals surface area contributed by atoms with Gasteiger partial charge >= 0.3 is 18.2 Å². The van der Waals surface area contributed by atoms with Gasteiger partial charge in [0.2, 0.25) is 0 Å². The summed E-state index contributed by atoms with van der Waals surface area (Å²) in [4.78, 5) is 22.6. The van der Waals surface area contributed by atoms with Crippen LogP contribution < -0.4 is 5.32 Å². The Hall–Kier alpha value is -2.51. The van der Waals surface area contributed by atoms with Crippen LogP contribution >= 0.6 is 0 Å². The molecule has 1 aromatic rings. The Balaban J connectivity index is 2.69. The number of hydrogen-bond acceptors (Lipinski definition) is 3. The Kier molecular flexibility index (Phi) is 6.61. The van der Waals surface area contributed by atoms with Crippen molar-refractivity contribution < 1.29 is 32.6 Å². The van der Waals surface area contributed by atoms with E-state index in [1.54, 1.807) is 26.8 Å². The van der Waals surface area contributed by atoms with Gasteiger partial charge < -0.3 is 15.2 Å². The van der Waals surface area contributed by atoms with E-state index in [-0.39, 0.29) is 12.1 Å². The van der Waals surface area contributed by atoms with Crippen molar-refractivity contribution in [2.24, 2.45) is 0 Å². The number of aromatic carboxylic acids is 1. The van der Waals surface area contributed by atoms with Crippen LogP contribution in [0.1, 0.15) is 48.7 Å². The van der Waals surface area contributed by atoms with Crippen LogP contribution in [0.3, 0.4) is 0 Å². The average Bonchev–Trinajstić information content (AvgIpc) is 2.43. The summed E-state index contributed by atoms with van der Waals surface area (Å²) in [5.74, 6) is -1.45. The van der Waals surface area contributed by atoms with E-state index in [4.69, 9.17) is 9.84 Å². The zero-order valence-electron chi connectivity index (χ0n) is 14.1. The molecule has 138 valence electrons. The van der Waals surface area contributed by atoms with Crippen LogP contribution in [-0.2, 0) is 10.9 Å². The predicted octanol–water partition coefficient (Wildman–Crippen LogP) is 4.33. The number of carboxylic acids is 1. The first-order chi connectivity index (χ1) is 11.4. The number of alkyl halides is 3. The number of hydrogen-bond donors (Lipinski definition) is 2. The van der Waals surface area contributed by atoms with Gasteiger partial charge in [0.05, 0.1) is 11.1 Å². The Morgan fingerprint density at radius 3 is 2.40 bits per heavy atom. The third-order valence-corrected chi connectivity index (χ3v) is 2.89. The van der Waals surface area contributed by atoms with Crippen molar-refractivity contribution in [3.63, 3.8) is 0 Å². The lowest BCUT2D eigenvalue weighted by Crippen LogP contribution is -2.32. The van der Waals surface area contributed by atoms with Crippen molar-refractivity contribution in [2.45, 2.75) is 39.0 Å². The highest BCUT2D eigenvalue weighted by Crippen LogP contribution is 2.30. The van der Waals surface area contributed by atoms with Crippen molar-refractivity contribution in [3.05, 3.63) is 41.0 Å². The molecule has 1 amide bonds. The predicted molar refractivity (Wildman–Crippen MR) is 86.3 cm³/mol. The maximum atomic E-state index is 12.6. The summed E-state index contributed by atoms with van der Waals surface area (Å²) in [5.41, 5.74) is -1.92. The fraction of sp³-hybridized carbons (Fsp3) is 0.412. The Morgan fingerprint density at radius 1 is 1.24 bits per heavy atom. The Morgan fingerprint density at radius 2 is 1.88 bits per heavy atom. The van der Waals surface area contributed by atoms with Crippen LogP contribution in [0.4, 0.5) is 18.0 Å². The summed E-state index contributed by atoms with van der Waals surface area (Å²) in [5, 5.41) is 11.6. The first-order valence-corrected chi connectivity index (χ1v) is 7.48. The standard InChI is InChI=1S/C17H20F3NO4/c1-16(2,3)25-15(24)21-9-5-4-6-11-7-8-12(17(18,19)20)10-13(11)14(22)23/h4,6-8,10H,5,9H2,1-3H3,(H,21,24)(H,22,23). The second kappa shape index (κ2) is 8.04. The highest BCUT2D eigenvalue weighted by molar-refractivity contribution is 5.92. The summed E-state index contributed by atoms with van der Waals surface area (Å²) >= 11 is 0. The van der Waals surface area contributed by atoms with Gasteiger partial charge in [-0.25, -0.2) is 9.59 Å². The van der Waals surface area contributed by atoms with Crippen LogP contribution in [0.25, 0.3) is 6.08 Å². The molecule has 5 nitrogen and oxygen atoms in total. The average molecular weight is 359 g/mol. The lowest BCUT2D eigenvalue weighted by atomic mass is 10.0. The monoisotopic (exact) mass is 359 g/mol. The number of rotatable bonds is 5. The molecule has 0 aliphatic rings. The number of nitrogens with one attached hydrogen (secondary N) is 1. The minimum Gasteiger partial charge on any atom is -0.478 e. The second-order valence-corrected chi connectivity index (χ2v) is 6.22. The van der Waals surface area contributed by atoms with E-state index in [0.29, 0.717) is 12.5 Å². The first kappa shape index (κ1) is 20.5. The number of ether oxygens (including phenoxy) is 1. The van der Waals surface area contributed by atoms with Gasteiger partial charge in [-0.3, -0.25) is 0 Å². The molecule has 0 fully saturated rings. The molecule has 8 heteroatoms. The minimum atomic E-state index is -4.61. The molecule has 0 atom stereocenters. The van der Waals surface area contributed by atoms with E-state index in [1.165, 1.54) is 6.08 Å². The van der Waals surface area contributed by atoms with Crippen LogP contribution in [0.5, 0.6) is 0 Å². The van der Waals surface area contributed by atoms with Gasteiger partial charge in [-0.15, -0.1) is 0 Å². The largest absolute Gasteiger partial charge is 0.478 e. The fourth-order valence-corrected chi connectivity index (χ4v) is 1.85. The van der Waals surface area contributed by atoms with Crippen molar-refractivity contribution >= 4 is 18.1 Å². The van der Waals surface area contributed by atoms with E-state index < -0.39 is 35.0 Å². The zero-order chi connectivity index (χ0) is 19.3. The molecule has 0 unspecified atom stereocenters. The first-order valence-electron chi connectivity index (χ1n) is 7.48. The van der Waals surface area contributed by atoms with E-state index in [9.17, 15) is 22.8 Å². The number of amides is 1. The summed E-state index contributed by atoms with van der Waals surface area (Å²) in [7, 11) is 0. The number of benzene rings is 1. The number of halogens is 3. The van der Waals surface area contributed by atoms with Crippen LogP contribution in [0.2, 0.25) is 0 Å². The van der Waals surface area contributed by atoms with E-state index >= 15 is 0 Å². The van der Waals surface area contributed by atoms with Crippen molar-refractivity contribution in [2.75, 3.05) is 6.54 Å². The SMILES string of the molecule is CC(C)(C)OC(=O)NCCC=Cc1ccc(C(F)(F)F)cc1C(=O)O. The minimum absolute atomic E-state index is 0.151. The summed E-state index contributed by atoms with van der Waals surface area (Å²) in [6.07, 6.45) is -1.86. The summed E-state index contributed by atoms with van der Waals surface area (Å²) in [6.45, 7) is 5.42. The fourth-order valence-electron chi connectivity index (χ4n) is 1.85. The quantitative estimate of drug-likeness (QED) is 0.767. The molecule has 0 saturated carbocycles. The molecule has 0 heterocycles. The molecule has 25 heavy (non-hydrogen) atoms. The van der Waals surface area contributed by atoms with Gasteiger partial charge in [0.15, 0.2) is 0 Å². The van der Waals surface area contributed by atoms with Crippen molar-refractivity contribution in [1.82, 2.24) is 5.32 Å².